The Balaban J connectivity index is 1.85. The third kappa shape index (κ3) is 2.05. The van der Waals surface area contributed by atoms with E-state index in [2.05, 4.69) is 23.5 Å². The van der Waals surface area contributed by atoms with Crippen LogP contribution in [-0.4, -0.2) is 6.04 Å². The predicted octanol–water partition coefficient (Wildman–Crippen LogP) is 1.74. The number of benzene rings is 1. The first-order chi connectivity index (χ1) is 5.45. The number of hydrogen-bond donors (Lipinski definition) is 1. The molecule has 1 heteroatoms. The highest BCUT2D eigenvalue weighted by Gasteiger charge is 2.19. The second-order valence-corrected chi connectivity index (χ2v) is 3.04. The van der Waals surface area contributed by atoms with E-state index in [-0.39, 0.29) is 0 Å². The average molecular weight is 146 g/mol. The monoisotopic (exact) mass is 146 g/mol. The van der Waals surface area contributed by atoms with E-state index in [1.54, 1.807) is 0 Å². The van der Waals surface area contributed by atoms with E-state index in [1.165, 1.54) is 18.4 Å². The zero-order valence-electron chi connectivity index (χ0n) is 6.51. The van der Waals surface area contributed by atoms with Gasteiger partial charge in [0.05, 0.1) is 0 Å². The van der Waals surface area contributed by atoms with Crippen molar-refractivity contribution in [2.45, 2.75) is 25.4 Å². The number of hydrogen-bond acceptors (Lipinski definition) is 1. The molecule has 0 aromatic heterocycles. The van der Waals surface area contributed by atoms with Crippen LogP contribution < -0.4 is 5.32 Å². The summed E-state index contributed by atoms with van der Waals surface area (Å²) in [6, 6.07) is 12.1. The Bertz CT molecular complexity index is 214. The molecule has 1 fully saturated rings. The summed E-state index contributed by atoms with van der Waals surface area (Å²) in [5.74, 6) is 0. The molecule has 1 nitrogen and oxygen atoms in total. The zero-order chi connectivity index (χ0) is 7.52. The lowest BCUT2D eigenvalue weighted by molar-refractivity contribution is 0.687. The molecule has 11 heavy (non-hydrogen) atoms. The first kappa shape index (κ1) is 6.86. The Labute approximate surface area is 67.4 Å². The summed E-state index contributed by atoms with van der Waals surface area (Å²) in [4.78, 5) is 0. The Morgan fingerprint density at radius 2 is 2.36 bits per heavy atom. The van der Waals surface area contributed by atoms with Crippen LogP contribution in [0.3, 0.4) is 0 Å². The Morgan fingerprint density at radius 3 is 3.00 bits per heavy atom. The van der Waals surface area contributed by atoms with Crippen LogP contribution in [0, 0.1) is 6.07 Å². The van der Waals surface area contributed by atoms with Gasteiger partial charge in [-0.15, -0.1) is 0 Å². The van der Waals surface area contributed by atoms with Crippen molar-refractivity contribution in [1.29, 1.82) is 0 Å². The molecule has 0 unspecified atom stereocenters. The van der Waals surface area contributed by atoms with Gasteiger partial charge in [0.25, 0.3) is 0 Å². The van der Waals surface area contributed by atoms with Gasteiger partial charge in [-0.1, -0.05) is 24.3 Å². The van der Waals surface area contributed by atoms with Crippen molar-refractivity contribution in [3.05, 3.63) is 35.9 Å². The molecule has 1 aromatic rings. The van der Waals surface area contributed by atoms with E-state index < -0.39 is 0 Å². The molecule has 1 aromatic carbocycles. The number of rotatable bonds is 3. The summed E-state index contributed by atoms with van der Waals surface area (Å²) in [6.07, 6.45) is 2.71. The van der Waals surface area contributed by atoms with Gasteiger partial charge in [0.2, 0.25) is 0 Å². The third-order valence-corrected chi connectivity index (χ3v) is 1.93. The van der Waals surface area contributed by atoms with Gasteiger partial charge >= 0.3 is 0 Å². The van der Waals surface area contributed by atoms with Gasteiger partial charge in [0, 0.05) is 12.6 Å². The maximum atomic E-state index is 3.44. The maximum Gasteiger partial charge on any atom is 0.0214 e. The van der Waals surface area contributed by atoms with Crippen molar-refractivity contribution >= 4 is 0 Å². The molecular weight excluding hydrogens is 134 g/mol. The molecular formula is C10H12N. The van der Waals surface area contributed by atoms with Gasteiger partial charge in [-0.05, 0) is 24.5 Å². The van der Waals surface area contributed by atoms with E-state index in [4.69, 9.17) is 0 Å². The van der Waals surface area contributed by atoms with Crippen molar-refractivity contribution in [3.8, 4) is 0 Å². The molecule has 57 valence electrons. The second-order valence-electron chi connectivity index (χ2n) is 3.04. The summed E-state index contributed by atoms with van der Waals surface area (Å²) >= 11 is 0. The summed E-state index contributed by atoms with van der Waals surface area (Å²) < 4.78 is 0. The van der Waals surface area contributed by atoms with Crippen LogP contribution in [-0.2, 0) is 6.54 Å². The standard InChI is InChI=1S/C10H12N/c1-2-4-9(5-3-1)8-11-10-6-7-10/h1-4,10-11H,6-8H2. The predicted molar refractivity (Wildman–Crippen MR) is 45.1 cm³/mol. The van der Waals surface area contributed by atoms with Crippen molar-refractivity contribution < 1.29 is 0 Å². The quantitative estimate of drug-likeness (QED) is 0.685. The molecule has 1 radical (unpaired) electrons. The molecule has 0 bridgehead atoms. The van der Waals surface area contributed by atoms with E-state index in [9.17, 15) is 0 Å². The van der Waals surface area contributed by atoms with E-state index >= 15 is 0 Å². The average Bonchev–Trinajstić information content (AvgIpc) is 2.86. The number of nitrogens with one attached hydrogen (secondary N) is 1. The highest BCUT2D eigenvalue weighted by Crippen LogP contribution is 2.18. The normalized spacial score (nSPS) is 16.7. The molecule has 1 aliphatic rings. The second kappa shape index (κ2) is 3.05. The van der Waals surface area contributed by atoms with Crippen molar-refractivity contribution in [2.75, 3.05) is 0 Å². The fourth-order valence-corrected chi connectivity index (χ4v) is 1.08. The fourth-order valence-electron chi connectivity index (χ4n) is 1.08. The molecule has 1 saturated carbocycles. The van der Waals surface area contributed by atoms with Crippen LogP contribution in [0.4, 0.5) is 0 Å². The molecule has 0 spiro atoms. The molecule has 1 aliphatic carbocycles. The van der Waals surface area contributed by atoms with Crippen LogP contribution in [0.1, 0.15) is 18.4 Å². The first-order valence-electron chi connectivity index (χ1n) is 4.14. The lowest BCUT2D eigenvalue weighted by atomic mass is 10.2. The van der Waals surface area contributed by atoms with Gasteiger partial charge in [0.15, 0.2) is 0 Å². The van der Waals surface area contributed by atoms with Gasteiger partial charge < -0.3 is 5.32 Å². The van der Waals surface area contributed by atoms with Crippen molar-refractivity contribution in [2.24, 2.45) is 0 Å². The molecule has 2 rings (SSSR count). The van der Waals surface area contributed by atoms with Gasteiger partial charge in [-0.2, -0.15) is 0 Å². The lowest BCUT2D eigenvalue weighted by Gasteiger charge is -2.00. The summed E-state index contributed by atoms with van der Waals surface area (Å²) in [6.45, 7) is 0.978. The minimum absolute atomic E-state index is 0.795. The maximum absolute atomic E-state index is 3.44. The summed E-state index contributed by atoms with van der Waals surface area (Å²) in [5.41, 5.74) is 1.26. The Hall–Kier alpha value is -0.820. The first-order valence-corrected chi connectivity index (χ1v) is 4.14. The van der Waals surface area contributed by atoms with Crippen LogP contribution in [0.15, 0.2) is 24.3 Å². The van der Waals surface area contributed by atoms with Crippen LogP contribution in [0.25, 0.3) is 0 Å². The minimum Gasteiger partial charge on any atom is -0.310 e. The van der Waals surface area contributed by atoms with Gasteiger partial charge in [-0.25, -0.2) is 0 Å². The van der Waals surface area contributed by atoms with E-state index in [1.807, 2.05) is 12.1 Å². The lowest BCUT2D eigenvalue weighted by Crippen LogP contribution is -2.14. The summed E-state index contributed by atoms with van der Waals surface area (Å²) in [5, 5.41) is 3.44. The van der Waals surface area contributed by atoms with E-state index in [0.717, 1.165) is 12.6 Å². The molecule has 1 N–H and O–H groups in total. The minimum atomic E-state index is 0.795. The van der Waals surface area contributed by atoms with Crippen molar-refractivity contribution in [3.63, 3.8) is 0 Å². The van der Waals surface area contributed by atoms with Gasteiger partial charge in [-0.3, -0.25) is 0 Å². The smallest absolute Gasteiger partial charge is 0.0214 e. The van der Waals surface area contributed by atoms with Gasteiger partial charge in [0.1, 0.15) is 0 Å². The molecule has 0 saturated heterocycles. The molecule has 0 amide bonds. The summed E-state index contributed by atoms with van der Waals surface area (Å²) in [7, 11) is 0. The fraction of sp³-hybridized carbons (Fsp3) is 0.400. The van der Waals surface area contributed by atoms with Crippen LogP contribution in [0.2, 0.25) is 0 Å². The SMILES string of the molecule is [c]1ccccc1CNC1CC1. The van der Waals surface area contributed by atoms with Crippen molar-refractivity contribution in [1.82, 2.24) is 5.32 Å². The van der Waals surface area contributed by atoms with Crippen LogP contribution in [0.5, 0.6) is 0 Å². The highest BCUT2D eigenvalue weighted by molar-refractivity contribution is 5.12. The molecule has 0 atom stereocenters. The molecule has 0 heterocycles. The molecule has 0 aliphatic heterocycles. The highest BCUT2D eigenvalue weighted by atomic mass is 14.9. The topological polar surface area (TPSA) is 12.0 Å². The van der Waals surface area contributed by atoms with E-state index in [0.29, 0.717) is 0 Å². The Morgan fingerprint density at radius 1 is 1.45 bits per heavy atom. The largest absolute Gasteiger partial charge is 0.310 e. The third-order valence-electron chi connectivity index (χ3n) is 1.93. The Kier molecular flexibility index (Phi) is 1.91. The van der Waals surface area contributed by atoms with Crippen LogP contribution >= 0.6 is 0 Å². The zero-order valence-corrected chi connectivity index (χ0v) is 6.51.